The molecule has 2 atom stereocenters. The maximum atomic E-state index is 11.2. The van der Waals surface area contributed by atoms with E-state index in [1.54, 1.807) is 0 Å². The Bertz CT molecular complexity index is 328. The molecule has 0 N–H and O–H groups in total. The van der Waals surface area contributed by atoms with Crippen molar-refractivity contribution in [3.63, 3.8) is 0 Å². The minimum Gasteiger partial charge on any atom is -0.229 e. The van der Waals surface area contributed by atoms with E-state index >= 15 is 0 Å². The summed E-state index contributed by atoms with van der Waals surface area (Å²) in [4.78, 5) is 0. The highest BCUT2D eigenvalue weighted by Gasteiger charge is 2.40. The van der Waals surface area contributed by atoms with E-state index in [-0.39, 0.29) is 17.4 Å². The molecule has 1 aliphatic rings. The van der Waals surface area contributed by atoms with E-state index in [0.29, 0.717) is 6.42 Å². The normalized spacial score (nSPS) is 30.7. The predicted molar refractivity (Wildman–Crippen MR) is 50.8 cm³/mol. The van der Waals surface area contributed by atoms with Gasteiger partial charge < -0.3 is 0 Å². The molecule has 0 aromatic carbocycles. The molecule has 1 rings (SSSR count). The Hall–Kier alpha value is -0.560. The fourth-order valence-corrected chi connectivity index (χ4v) is 3.71. The highest BCUT2D eigenvalue weighted by Crippen LogP contribution is 2.37. The number of sulfone groups is 1. The van der Waals surface area contributed by atoms with Gasteiger partial charge in [-0.1, -0.05) is 6.92 Å². The van der Waals surface area contributed by atoms with Crippen LogP contribution in [0.5, 0.6) is 0 Å². The lowest BCUT2D eigenvalue weighted by Crippen LogP contribution is -2.25. The number of nitriles is 1. The van der Waals surface area contributed by atoms with Crippen molar-refractivity contribution in [1.82, 2.24) is 0 Å². The van der Waals surface area contributed by atoms with Crippen molar-refractivity contribution in [1.29, 1.82) is 5.26 Å². The Balaban J connectivity index is 2.82. The lowest BCUT2D eigenvalue weighted by Gasteiger charge is -2.25. The van der Waals surface area contributed by atoms with Crippen LogP contribution in [0.4, 0.5) is 0 Å². The molecule has 0 bridgehead atoms. The van der Waals surface area contributed by atoms with Crippen LogP contribution >= 0.6 is 0 Å². The zero-order chi connectivity index (χ0) is 10.1. The maximum Gasteiger partial charge on any atom is 0.150 e. The summed E-state index contributed by atoms with van der Waals surface area (Å²) in [7, 11) is -2.85. The summed E-state index contributed by atoms with van der Waals surface area (Å²) in [6, 6.07) is 2.24. The summed E-state index contributed by atoms with van der Waals surface area (Å²) in [5, 5.41) is 8.97. The molecule has 13 heavy (non-hydrogen) atoms. The molecule has 2 unspecified atom stereocenters. The summed E-state index contributed by atoms with van der Waals surface area (Å²) in [6.45, 7) is 3.80. The van der Waals surface area contributed by atoms with Crippen LogP contribution in [0.3, 0.4) is 0 Å². The van der Waals surface area contributed by atoms with Gasteiger partial charge in [-0.15, -0.1) is 0 Å². The third-order valence-corrected chi connectivity index (χ3v) is 4.89. The lowest BCUT2D eigenvalue weighted by molar-refractivity contribution is 0.282. The molecule has 4 heteroatoms. The van der Waals surface area contributed by atoms with E-state index in [1.165, 1.54) is 0 Å². The zero-order valence-electron chi connectivity index (χ0n) is 8.08. The van der Waals surface area contributed by atoms with Crippen LogP contribution in [0, 0.1) is 22.7 Å². The first-order valence-corrected chi connectivity index (χ1v) is 6.37. The van der Waals surface area contributed by atoms with Gasteiger partial charge in [0.25, 0.3) is 0 Å². The van der Waals surface area contributed by atoms with Gasteiger partial charge in [-0.25, -0.2) is 8.42 Å². The minimum absolute atomic E-state index is 0.0347. The van der Waals surface area contributed by atoms with Gasteiger partial charge in [0, 0.05) is 0 Å². The monoisotopic (exact) mass is 201 g/mol. The smallest absolute Gasteiger partial charge is 0.150 e. The molecule has 1 aliphatic heterocycles. The number of rotatable bonds is 2. The molecule has 3 nitrogen and oxygen atoms in total. The average Bonchev–Trinajstić information content (AvgIpc) is 2.45. The SMILES string of the molecule is CCC(C)(C#N)C1CCS(=O)(=O)C1. The number of nitrogens with zero attached hydrogens (tertiary/aromatic N) is 1. The Kier molecular flexibility index (Phi) is 2.67. The lowest BCUT2D eigenvalue weighted by atomic mass is 9.76. The van der Waals surface area contributed by atoms with Gasteiger partial charge in [0.1, 0.15) is 0 Å². The maximum absolute atomic E-state index is 11.2. The van der Waals surface area contributed by atoms with Crippen molar-refractivity contribution in [3.8, 4) is 6.07 Å². The van der Waals surface area contributed by atoms with E-state index in [9.17, 15) is 8.42 Å². The van der Waals surface area contributed by atoms with E-state index in [2.05, 4.69) is 6.07 Å². The van der Waals surface area contributed by atoms with Crippen LogP contribution in [0.2, 0.25) is 0 Å². The summed E-state index contributed by atoms with van der Waals surface area (Å²) in [6.07, 6.45) is 1.38. The van der Waals surface area contributed by atoms with Crippen molar-refractivity contribution in [2.45, 2.75) is 26.7 Å². The first kappa shape index (κ1) is 10.5. The predicted octanol–water partition coefficient (Wildman–Crippen LogP) is 1.36. The average molecular weight is 201 g/mol. The zero-order valence-corrected chi connectivity index (χ0v) is 8.89. The van der Waals surface area contributed by atoms with E-state index in [0.717, 1.165) is 6.42 Å². The number of hydrogen-bond donors (Lipinski definition) is 0. The molecular formula is C9H15NO2S. The van der Waals surface area contributed by atoms with Gasteiger partial charge in [0.15, 0.2) is 9.84 Å². The van der Waals surface area contributed by atoms with Crippen LogP contribution in [-0.2, 0) is 9.84 Å². The summed E-state index contributed by atoms with van der Waals surface area (Å²) in [5.41, 5.74) is -0.455. The number of hydrogen-bond acceptors (Lipinski definition) is 3. The highest BCUT2D eigenvalue weighted by atomic mass is 32.2. The second-order valence-electron chi connectivity index (χ2n) is 3.98. The quantitative estimate of drug-likeness (QED) is 0.677. The fraction of sp³-hybridized carbons (Fsp3) is 0.889. The molecule has 1 saturated heterocycles. The second-order valence-corrected chi connectivity index (χ2v) is 6.21. The highest BCUT2D eigenvalue weighted by molar-refractivity contribution is 7.91. The second kappa shape index (κ2) is 3.30. The third-order valence-electron chi connectivity index (χ3n) is 3.12. The molecule has 0 aliphatic carbocycles. The molecule has 0 saturated carbocycles. The van der Waals surface area contributed by atoms with Crippen LogP contribution in [0.15, 0.2) is 0 Å². The summed E-state index contributed by atoms with van der Waals surface area (Å²) >= 11 is 0. The molecule has 0 spiro atoms. The van der Waals surface area contributed by atoms with Crippen LogP contribution in [-0.4, -0.2) is 19.9 Å². The van der Waals surface area contributed by atoms with Crippen molar-refractivity contribution in [2.75, 3.05) is 11.5 Å². The molecule has 1 fully saturated rings. The Morgan fingerprint density at radius 3 is 2.54 bits per heavy atom. The van der Waals surface area contributed by atoms with Crippen molar-refractivity contribution >= 4 is 9.84 Å². The molecule has 0 aromatic rings. The summed E-state index contributed by atoms with van der Waals surface area (Å²) in [5.74, 6) is 0.493. The van der Waals surface area contributed by atoms with Gasteiger partial charge >= 0.3 is 0 Å². The molecule has 1 heterocycles. The van der Waals surface area contributed by atoms with E-state index in [4.69, 9.17) is 5.26 Å². The van der Waals surface area contributed by atoms with Crippen LogP contribution < -0.4 is 0 Å². The van der Waals surface area contributed by atoms with E-state index < -0.39 is 15.3 Å². The first-order chi connectivity index (χ1) is 5.93. The Morgan fingerprint density at radius 2 is 2.23 bits per heavy atom. The van der Waals surface area contributed by atoms with Gasteiger partial charge in [-0.05, 0) is 25.7 Å². The topological polar surface area (TPSA) is 57.9 Å². The minimum atomic E-state index is -2.85. The first-order valence-electron chi connectivity index (χ1n) is 4.55. The van der Waals surface area contributed by atoms with Gasteiger partial charge in [-0.3, -0.25) is 0 Å². The standard InChI is InChI=1S/C9H15NO2S/c1-3-9(2,7-10)8-4-5-13(11,12)6-8/h8H,3-6H2,1-2H3. The van der Waals surface area contributed by atoms with Gasteiger partial charge in [-0.2, -0.15) is 5.26 Å². The van der Waals surface area contributed by atoms with Crippen LogP contribution in [0.1, 0.15) is 26.7 Å². The van der Waals surface area contributed by atoms with Crippen molar-refractivity contribution in [2.24, 2.45) is 11.3 Å². The third kappa shape index (κ3) is 2.02. The van der Waals surface area contributed by atoms with Gasteiger partial charge in [0.05, 0.1) is 23.0 Å². The van der Waals surface area contributed by atoms with Crippen molar-refractivity contribution < 1.29 is 8.42 Å². The molecular weight excluding hydrogens is 186 g/mol. The largest absolute Gasteiger partial charge is 0.229 e. The van der Waals surface area contributed by atoms with Crippen LogP contribution in [0.25, 0.3) is 0 Å². The van der Waals surface area contributed by atoms with Gasteiger partial charge in [0.2, 0.25) is 0 Å². The molecule has 0 amide bonds. The molecule has 74 valence electrons. The molecule has 0 aromatic heterocycles. The summed E-state index contributed by atoms with van der Waals surface area (Å²) < 4.78 is 22.4. The Morgan fingerprint density at radius 1 is 1.62 bits per heavy atom. The fourth-order valence-electron chi connectivity index (χ4n) is 1.76. The molecule has 0 radical (unpaired) electrons. The Labute approximate surface area is 79.7 Å². The van der Waals surface area contributed by atoms with E-state index in [1.807, 2.05) is 13.8 Å². The van der Waals surface area contributed by atoms with Crippen molar-refractivity contribution in [3.05, 3.63) is 0 Å².